The lowest BCUT2D eigenvalue weighted by molar-refractivity contribution is 0.0956. The minimum atomic E-state index is -0.0674. The van der Waals surface area contributed by atoms with Gasteiger partial charge < -0.3 is 11.1 Å². The lowest BCUT2D eigenvalue weighted by Crippen LogP contribution is -2.24. The zero-order valence-electron chi connectivity index (χ0n) is 11.9. The molecule has 2 rings (SSSR count). The number of aromatic nitrogens is 1. The van der Waals surface area contributed by atoms with E-state index in [0.29, 0.717) is 23.0 Å². The number of rotatable bonds is 6. The molecule has 0 saturated carbocycles. The molecular formula is C15H18ClN3OS. The van der Waals surface area contributed by atoms with E-state index in [1.807, 2.05) is 31.2 Å². The minimum Gasteiger partial charge on any atom is -0.351 e. The van der Waals surface area contributed by atoms with Crippen molar-refractivity contribution >= 4 is 28.8 Å². The van der Waals surface area contributed by atoms with Gasteiger partial charge in [-0.05, 0) is 38.4 Å². The van der Waals surface area contributed by atoms with Crippen molar-refractivity contribution in [1.82, 2.24) is 10.3 Å². The van der Waals surface area contributed by atoms with Gasteiger partial charge in [-0.15, -0.1) is 11.3 Å². The Labute approximate surface area is 133 Å². The Kier molecular flexibility index (Phi) is 5.73. The molecule has 1 aromatic carbocycles. The fourth-order valence-electron chi connectivity index (χ4n) is 1.87. The highest BCUT2D eigenvalue weighted by Gasteiger charge is 2.15. The van der Waals surface area contributed by atoms with Crippen LogP contribution in [0.3, 0.4) is 0 Å². The molecule has 0 saturated heterocycles. The molecule has 0 atom stereocenters. The van der Waals surface area contributed by atoms with Gasteiger partial charge in [0.2, 0.25) is 0 Å². The van der Waals surface area contributed by atoms with Crippen LogP contribution in [-0.2, 0) is 0 Å². The number of thiazole rings is 1. The van der Waals surface area contributed by atoms with Crippen LogP contribution >= 0.6 is 22.9 Å². The van der Waals surface area contributed by atoms with E-state index in [4.69, 9.17) is 17.3 Å². The Morgan fingerprint density at radius 3 is 2.71 bits per heavy atom. The van der Waals surface area contributed by atoms with Gasteiger partial charge in [-0.2, -0.15) is 0 Å². The largest absolute Gasteiger partial charge is 0.351 e. The van der Waals surface area contributed by atoms with Crippen molar-refractivity contribution in [3.05, 3.63) is 39.9 Å². The third-order valence-corrected chi connectivity index (χ3v) is 4.47. The van der Waals surface area contributed by atoms with Gasteiger partial charge in [-0.25, -0.2) is 4.98 Å². The molecule has 6 heteroatoms. The third-order valence-electron chi connectivity index (χ3n) is 3.01. The van der Waals surface area contributed by atoms with E-state index in [2.05, 4.69) is 10.3 Å². The molecule has 0 aliphatic rings. The van der Waals surface area contributed by atoms with Crippen molar-refractivity contribution in [3.63, 3.8) is 0 Å². The smallest absolute Gasteiger partial charge is 0.263 e. The SMILES string of the molecule is Cc1nc(-c2ccc(Cl)cc2)sc1C(=O)NCCCCN. The lowest BCUT2D eigenvalue weighted by Gasteiger charge is -2.02. The van der Waals surface area contributed by atoms with Crippen molar-refractivity contribution in [2.24, 2.45) is 5.73 Å². The van der Waals surface area contributed by atoms with Gasteiger partial charge in [0.25, 0.3) is 5.91 Å². The van der Waals surface area contributed by atoms with E-state index < -0.39 is 0 Å². The number of amides is 1. The topological polar surface area (TPSA) is 68.0 Å². The molecule has 1 heterocycles. The number of benzene rings is 1. The normalized spacial score (nSPS) is 10.6. The molecule has 0 unspecified atom stereocenters. The first-order chi connectivity index (χ1) is 10.1. The second-order valence-corrected chi connectivity index (χ2v) is 6.13. The van der Waals surface area contributed by atoms with E-state index >= 15 is 0 Å². The maximum absolute atomic E-state index is 12.1. The summed E-state index contributed by atoms with van der Waals surface area (Å²) in [7, 11) is 0. The third kappa shape index (κ3) is 4.27. The number of hydrogen-bond acceptors (Lipinski definition) is 4. The zero-order valence-corrected chi connectivity index (χ0v) is 13.4. The summed E-state index contributed by atoms with van der Waals surface area (Å²) in [5, 5.41) is 4.42. The average Bonchev–Trinajstić information content (AvgIpc) is 2.86. The molecule has 2 aromatic rings. The van der Waals surface area contributed by atoms with Crippen molar-refractivity contribution in [1.29, 1.82) is 0 Å². The second kappa shape index (κ2) is 7.54. The Morgan fingerprint density at radius 2 is 2.05 bits per heavy atom. The summed E-state index contributed by atoms with van der Waals surface area (Å²) in [6.07, 6.45) is 1.81. The van der Waals surface area contributed by atoms with E-state index in [1.54, 1.807) is 0 Å². The molecule has 0 spiro atoms. The molecule has 0 bridgehead atoms. The molecular weight excluding hydrogens is 306 g/mol. The van der Waals surface area contributed by atoms with Crippen LogP contribution in [0.25, 0.3) is 10.6 Å². The summed E-state index contributed by atoms with van der Waals surface area (Å²) in [5.74, 6) is -0.0674. The average molecular weight is 324 g/mol. The lowest BCUT2D eigenvalue weighted by atomic mass is 10.2. The first-order valence-corrected chi connectivity index (χ1v) is 8.03. The van der Waals surface area contributed by atoms with Gasteiger partial charge in [-0.3, -0.25) is 4.79 Å². The standard InChI is InChI=1S/C15H18ClN3OS/c1-10-13(14(20)18-9-3-2-8-17)21-15(19-10)11-4-6-12(16)7-5-11/h4-7H,2-3,8-9,17H2,1H3,(H,18,20). The summed E-state index contributed by atoms with van der Waals surface area (Å²) in [5.41, 5.74) is 7.15. The predicted molar refractivity (Wildman–Crippen MR) is 87.9 cm³/mol. The first kappa shape index (κ1) is 15.9. The van der Waals surface area contributed by atoms with Crippen LogP contribution in [0.4, 0.5) is 0 Å². The maximum Gasteiger partial charge on any atom is 0.263 e. The summed E-state index contributed by atoms with van der Waals surface area (Å²) in [6.45, 7) is 3.14. The Hall–Kier alpha value is -1.43. The fraction of sp³-hybridized carbons (Fsp3) is 0.333. The Bertz CT molecular complexity index is 610. The molecule has 4 nitrogen and oxygen atoms in total. The zero-order chi connectivity index (χ0) is 15.2. The molecule has 1 amide bonds. The minimum absolute atomic E-state index is 0.0674. The summed E-state index contributed by atoms with van der Waals surface area (Å²) >= 11 is 7.28. The fourth-order valence-corrected chi connectivity index (χ4v) is 2.99. The van der Waals surface area contributed by atoms with Crippen molar-refractivity contribution in [3.8, 4) is 10.6 Å². The number of carbonyl (C=O) groups excluding carboxylic acids is 1. The highest BCUT2D eigenvalue weighted by Crippen LogP contribution is 2.28. The van der Waals surface area contributed by atoms with Gasteiger partial charge in [0, 0.05) is 17.1 Å². The van der Waals surface area contributed by atoms with Gasteiger partial charge in [0.1, 0.15) is 9.88 Å². The first-order valence-electron chi connectivity index (χ1n) is 6.83. The van der Waals surface area contributed by atoms with Crippen LogP contribution in [0, 0.1) is 6.92 Å². The molecule has 0 radical (unpaired) electrons. The molecule has 3 N–H and O–H groups in total. The van der Waals surface area contributed by atoms with E-state index in [9.17, 15) is 4.79 Å². The highest BCUT2D eigenvalue weighted by atomic mass is 35.5. The number of nitrogens with zero attached hydrogens (tertiary/aromatic N) is 1. The number of unbranched alkanes of at least 4 members (excludes halogenated alkanes) is 1. The summed E-state index contributed by atoms with van der Waals surface area (Å²) < 4.78 is 0. The van der Waals surface area contributed by atoms with Crippen LogP contribution in [0.2, 0.25) is 5.02 Å². The molecule has 0 aliphatic heterocycles. The van der Waals surface area contributed by atoms with Crippen LogP contribution in [-0.4, -0.2) is 24.0 Å². The molecule has 112 valence electrons. The van der Waals surface area contributed by atoms with Crippen molar-refractivity contribution in [2.45, 2.75) is 19.8 Å². The molecule has 0 aliphatic carbocycles. The van der Waals surface area contributed by atoms with Crippen molar-refractivity contribution < 1.29 is 4.79 Å². The monoisotopic (exact) mass is 323 g/mol. The maximum atomic E-state index is 12.1. The van der Waals surface area contributed by atoms with E-state index in [0.717, 1.165) is 29.1 Å². The van der Waals surface area contributed by atoms with Crippen molar-refractivity contribution in [2.75, 3.05) is 13.1 Å². The predicted octanol–water partition coefficient (Wildman–Crippen LogP) is 3.24. The Morgan fingerprint density at radius 1 is 1.33 bits per heavy atom. The number of nitrogens with two attached hydrogens (primary N) is 1. The van der Waals surface area contributed by atoms with Gasteiger partial charge in [-0.1, -0.05) is 23.7 Å². The summed E-state index contributed by atoms with van der Waals surface area (Å²) in [6, 6.07) is 7.45. The molecule has 0 fully saturated rings. The van der Waals surface area contributed by atoms with Gasteiger partial charge in [0.05, 0.1) is 5.69 Å². The van der Waals surface area contributed by atoms with Crippen LogP contribution in [0.1, 0.15) is 28.2 Å². The molecule has 1 aromatic heterocycles. The quantitative estimate of drug-likeness (QED) is 0.802. The molecule has 21 heavy (non-hydrogen) atoms. The van der Waals surface area contributed by atoms with Gasteiger partial charge in [0.15, 0.2) is 0 Å². The second-order valence-electron chi connectivity index (χ2n) is 4.69. The van der Waals surface area contributed by atoms with Gasteiger partial charge >= 0.3 is 0 Å². The number of carbonyl (C=O) groups is 1. The number of halogens is 1. The highest BCUT2D eigenvalue weighted by molar-refractivity contribution is 7.17. The number of aryl methyl sites for hydroxylation is 1. The van der Waals surface area contributed by atoms with Crippen LogP contribution in [0.15, 0.2) is 24.3 Å². The number of hydrogen-bond donors (Lipinski definition) is 2. The van der Waals surface area contributed by atoms with Crippen LogP contribution < -0.4 is 11.1 Å². The van der Waals surface area contributed by atoms with Crippen LogP contribution in [0.5, 0.6) is 0 Å². The summed E-state index contributed by atoms with van der Waals surface area (Å²) in [4.78, 5) is 17.3. The number of nitrogens with one attached hydrogen (secondary N) is 1. The van der Waals surface area contributed by atoms with E-state index in [1.165, 1.54) is 11.3 Å². The Balaban J connectivity index is 2.08. The van der Waals surface area contributed by atoms with E-state index in [-0.39, 0.29) is 5.91 Å².